The number of carbonyl (C=O) groups is 3. The smallest absolute Gasteiger partial charge is 0.254 e. The van der Waals surface area contributed by atoms with Crippen LogP contribution in [0.25, 0.3) is 5.65 Å². The highest BCUT2D eigenvalue weighted by Gasteiger charge is 2.17. The van der Waals surface area contributed by atoms with Gasteiger partial charge >= 0.3 is 0 Å². The predicted molar refractivity (Wildman–Crippen MR) is 100 cm³/mol. The SMILES string of the molecule is CC(=O)c1csc(NC(=O)CCc2c(C)nc3c(C(N)=O)cnn3c2C)n1. The number of aromatic nitrogens is 4. The number of nitrogens with one attached hydrogen (secondary N) is 1. The first-order valence-electron chi connectivity index (χ1n) is 8.18. The zero-order valence-electron chi connectivity index (χ0n) is 15.1. The van der Waals surface area contributed by atoms with Crippen LogP contribution < -0.4 is 11.1 Å². The van der Waals surface area contributed by atoms with E-state index in [4.69, 9.17) is 5.73 Å². The number of nitrogens with two attached hydrogens (primary N) is 1. The first-order chi connectivity index (χ1) is 12.8. The number of nitrogens with zero attached hydrogens (tertiary/aromatic N) is 4. The van der Waals surface area contributed by atoms with Crippen LogP contribution in [0.1, 0.15) is 51.1 Å². The van der Waals surface area contributed by atoms with Gasteiger partial charge in [0.25, 0.3) is 5.91 Å². The molecule has 2 amide bonds. The Morgan fingerprint density at radius 2 is 2.00 bits per heavy atom. The zero-order valence-corrected chi connectivity index (χ0v) is 15.9. The minimum Gasteiger partial charge on any atom is -0.365 e. The zero-order chi connectivity index (χ0) is 19.7. The Kier molecular flexibility index (Phi) is 5.00. The molecule has 0 aliphatic carbocycles. The molecule has 140 valence electrons. The van der Waals surface area contributed by atoms with Crippen molar-refractivity contribution in [1.29, 1.82) is 0 Å². The van der Waals surface area contributed by atoms with Crippen LogP contribution in [0, 0.1) is 13.8 Å². The third kappa shape index (κ3) is 3.70. The van der Waals surface area contributed by atoms with Gasteiger partial charge in [-0.3, -0.25) is 14.4 Å². The summed E-state index contributed by atoms with van der Waals surface area (Å²) in [5.41, 5.74) is 8.73. The Hall–Kier alpha value is -3.14. The number of hydrogen-bond acceptors (Lipinski definition) is 7. The number of ketones is 1. The van der Waals surface area contributed by atoms with Crippen molar-refractivity contribution < 1.29 is 14.4 Å². The largest absolute Gasteiger partial charge is 0.365 e. The lowest BCUT2D eigenvalue weighted by atomic mass is 10.1. The second kappa shape index (κ2) is 7.23. The quantitative estimate of drug-likeness (QED) is 0.619. The molecule has 0 aliphatic heterocycles. The number of rotatable bonds is 6. The van der Waals surface area contributed by atoms with Crippen LogP contribution in [0.3, 0.4) is 0 Å². The molecular weight excluding hydrogens is 368 g/mol. The molecule has 3 aromatic heterocycles. The molecule has 9 nitrogen and oxygen atoms in total. The van der Waals surface area contributed by atoms with Crippen molar-refractivity contribution >= 4 is 39.7 Å². The van der Waals surface area contributed by atoms with Crippen LogP contribution in [-0.2, 0) is 11.2 Å². The van der Waals surface area contributed by atoms with Gasteiger partial charge in [-0.25, -0.2) is 14.5 Å². The number of hydrogen-bond donors (Lipinski definition) is 2. The van der Waals surface area contributed by atoms with E-state index in [2.05, 4.69) is 20.4 Å². The van der Waals surface area contributed by atoms with Gasteiger partial charge in [-0.05, 0) is 25.8 Å². The number of amides is 2. The van der Waals surface area contributed by atoms with Gasteiger partial charge in [0.1, 0.15) is 11.3 Å². The van der Waals surface area contributed by atoms with Gasteiger partial charge in [-0.1, -0.05) is 0 Å². The molecular formula is C17H18N6O3S. The highest BCUT2D eigenvalue weighted by atomic mass is 32.1. The highest BCUT2D eigenvalue weighted by molar-refractivity contribution is 7.14. The molecule has 0 spiro atoms. The number of anilines is 1. The van der Waals surface area contributed by atoms with Crippen LogP contribution in [0.15, 0.2) is 11.6 Å². The van der Waals surface area contributed by atoms with Crippen LogP contribution in [0.5, 0.6) is 0 Å². The summed E-state index contributed by atoms with van der Waals surface area (Å²) in [5, 5.41) is 8.87. The van der Waals surface area contributed by atoms with Crippen LogP contribution in [0.2, 0.25) is 0 Å². The van der Waals surface area contributed by atoms with Crippen LogP contribution in [0.4, 0.5) is 5.13 Å². The minimum atomic E-state index is -0.586. The fourth-order valence-corrected chi connectivity index (χ4v) is 3.53. The molecule has 3 heterocycles. The van der Waals surface area contributed by atoms with Crippen molar-refractivity contribution in [3.05, 3.63) is 39.8 Å². The molecule has 0 atom stereocenters. The van der Waals surface area contributed by atoms with Crippen molar-refractivity contribution in [2.75, 3.05) is 5.32 Å². The van der Waals surface area contributed by atoms with Gasteiger partial charge in [0.15, 0.2) is 16.6 Å². The molecule has 0 aliphatic rings. The van der Waals surface area contributed by atoms with E-state index in [1.165, 1.54) is 24.5 Å². The Labute approximate surface area is 158 Å². The number of fused-ring (bicyclic) bond motifs is 1. The molecule has 0 bridgehead atoms. The molecule has 0 radical (unpaired) electrons. The predicted octanol–water partition coefficient (Wildman–Crippen LogP) is 1.68. The van der Waals surface area contributed by atoms with Gasteiger partial charge < -0.3 is 11.1 Å². The third-order valence-electron chi connectivity index (χ3n) is 4.19. The topological polar surface area (TPSA) is 132 Å². The summed E-state index contributed by atoms with van der Waals surface area (Å²) in [7, 11) is 0. The standard InChI is InChI=1S/C17H18N6O3S/c1-8-11(9(2)23-16(20-8)12(6-19-23)15(18)26)4-5-14(25)22-17-21-13(7-27-17)10(3)24/h6-7H,4-5H2,1-3H3,(H2,18,26)(H,21,22,25). The van der Waals surface area contributed by atoms with Gasteiger partial charge in [-0.15, -0.1) is 11.3 Å². The lowest BCUT2D eigenvalue weighted by molar-refractivity contribution is -0.116. The maximum Gasteiger partial charge on any atom is 0.254 e. The molecule has 0 fully saturated rings. The first kappa shape index (κ1) is 18.6. The Bertz CT molecular complexity index is 1070. The van der Waals surface area contributed by atoms with Gasteiger partial charge in [0.05, 0.1) is 6.20 Å². The minimum absolute atomic E-state index is 0.146. The monoisotopic (exact) mass is 386 g/mol. The van der Waals surface area contributed by atoms with E-state index < -0.39 is 5.91 Å². The molecule has 27 heavy (non-hydrogen) atoms. The summed E-state index contributed by atoms with van der Waals surface area (Å²) in [5.74, 6) is -0.944. The van der Waals surface area contributed by atoms with Crippen molar-refractivity contribution in [2.45, 2.75) is 33.6 Å². The lowest BCUT2D eigenvalue weighted by Gasteiger charge is -2.11. The maximum absolute atomic E-state index is 12.2. The summed E-state index contributed by atoms with van der Waals surface area (Å²) < 4.78 is 1.56. The number of primary amides is 1. The Balaban J connectivity index is 1.75. The van der Waals surface area contributed by atoms with Crippen molar-refractivity contribution in [2.24, 2.45) is 5.73 Å². The first-order valence-corrected chi connectivity index (χ1v) is 9.05. The Morgan fingerprint density at radius 1 is 1.26 bits per heavy atom. The van der Waals surface area contributed by atoms with E-state index in [0.29, 0.717) is 28.6 Å². The summed E-state index contributed by atoms with van der Waals surface area (Å²) in [6, 6.07) is 0. The van der Waals surface area contributed by atoms with E-state index in [-0.39, 0.29) is 23.7 Å². The second-order valence-electron chi connectivity index (χ2n) is 6.06. The van der Waals surface area contributed by atoms with E-state index in [0.717, 1.165) is 11.3 Å². The summed E-state index contributed by atoms with van der Waals surface area (Å²) in [4.78, 5) is 43.4. The fraction of sp³-hybridized carbons (Fsp3) is 0.294. The Morgan fingerprint density at radius 3 is 2.63 bits per heavy atom. The molecule has 3 rings (SSSR count). The molecule has 0 aromatic carbocycles. The molecule has 3 aromatic rings. The number of carbonyl (C=O) groups excluding carboxylic acids is 3. The molecule has 3 N–H and O–H groups in total. The van der Waals surface area contributed by atoms with E-state index in [1.807, 2.05) is 13.8 Å². The van der Waals surface area contributed by atoms with E-state index >= 15 is 0 Å². The second-order valence-corrected chi connectivity index (χ2v) is 6.92. The summed E-state index contributed by atoms with van der Waals surface area (Å²) >= 11 is 1.21. The van der Waals surface area contributed by atoms with Crippen molar-refractivity contribution in [3.8, 4) is 0 Å². The average molecular weight is 386 g/mol. The molecule has 10 heteroatoms. The summed E-state index contributed by atoms with van der Waals surface area (Å²) in [6.45, 7) is 5.10. The molecule has 0 unspecified atom stereocenters. The number of thiazole rings is 1. The lowest BCUT2D eigenvalue weighted by Crippen LogP contribution is -2.15. The van der Waals surface area contributed by atoms with Crippen LogP contribution in [-0.4, -0.2) is 37.2 Å². The summed E-state index contributed by atoms with van der Waals surface area (Å²) in [6.07, 6.45) is 2.06. The highest BCUT2D eigenvalue weighted by Crippen LogP contribution is 2.20. The van der Waals surface area contributed by atoms with Gasteiger partial charge in [0.2, 0.25) is 5.91 Å². The normalized spacial score (nSPS) is 10.9. The van der Waals surface area contributed by atoms with Gasteiger partial charge in [0, 0.05) is 30.1 Å². The average Bonchev–Trinajstić information content (AvgIpc) is 3.21. The fourth-order valence-electron chi connectivity index (χ4n) is 2.76. The third-order valence-corrected chi connectivity index (χ3v) is 4.95. The maximum atomic E-state index is 12.2. The molecule has 0 saturated heterocycles. The van der Waals surface area contributed by atoms with Crippen LogP contribution >= 0.6 is 11.3 Å². The van der Waals surface area contributed by atoms with Gasteiger partial charge in [-0.2, -0.15) is 5.10 Å². The number of aryl methyl sites for hydroxylation is 2. The molecule has 0 saturated carbocycles. The van der Waals surface area contributed by atoms with Crippen molar-refractivity contribution in [1.82, 2.24) is 19.6 Å². The number of Topliss-reactive ketones (excluding diaryl/α,β-unsaturated/α-hetero) is 1. The van der Waals surface area contributed by atoms with Crippen molar-refractivity contribution in [3.63, 3.8) is 0 Å². The van der Waals surface area contributed by atoms with E-state index in [9.17, 15) is 14.4 Å². The van der Waals surface area contributed by atoms with E-state index in [1.54, 1.807) is 9.90 Å².